The Bertz CT molecular complexity index is 835. The van der Waals surface area contributed by atoms with Gasteiger partial charge in [0.05, 0.1) is 6.42 Å². The topological polar surface area (TPSA) is 69.7 Å². The van der Waals surface area contributed by atoms with Crippen molar-refractivity contribution in [2.24, 2.45) is 0 Å². The van der Waals surface area contributed by atoms with Gasteiger partial charge in [0.1, 0.15) is 6.04 Å². The third-order valence-corrected chi connectivity index (χ3v) is 6.40. The number of rotatable bonds is 5. The molecular formula is C20H23N3O3S2. The summed E-state index contributed by atoms with van der Waals surface area (Å²) in [6.07, 6.45) is 1.84. The smallest absolute Gasteiger partial charge is 0.285 e. The van der Waals surface area contributed by atoms with Crippen molar-refractivity contribution < 1.29 is 14.4 Å². The summed E-state index contributed by atoms with van der Waals surface area (Å²) in [5.41, 5.74) is 0.657. The molecule has 1 aromatic heterocycles. The van der Waals surface area contributed by atoms with Crippen molar-refractivity contribution >= 4 is 45.8 Å². The summed E-state index contributed by atoms with van der Waals surface area (Å²) in [6, 6.07) is 10.6. The minimum absolute atomic E-state index is 0.00551. The Kier molecular flexibility index (Phi) is 6.74. The molecule has 2 heterocycles. The van der Waals surface area contributed by atoms with E-state index in [0.717, 1.165) is 28.0 Å². The normalized spacial score (nSPS) is 16.1. The molecule has 3 amide bonds. The molecule has 0 spiro atoms. The molecule has 1 N–H and O–H groups in total. The number of carbonyl (C=O) groups excluding carboxylic acids is 3. The van der Waals surface area contributed by atoms with E-state index in [1.54, 1.807) is 54.6 Å². The first kappa shape index (κ1) is 20.4. The fourth-order valence-corrected chi connectivity index (χ4v) is 4.38. The van der Waals surface area contributed by atoms with Gasteiger partial charge >= 0.3 is 0 Å². The molecule has 1 aliphatic rings. The number of likely N-dealkylation sites (tertiary alicyclic amines) is 1. The molecule has 2 aromatic rings. The first-order valence-electron chi connectivity index (χ1n) is 9.06. The van der Waals surface area contributed by atoms with Gasteiger partial charge < -0.3 is 15.1 Å². The van der Waals surface area contributed by atoms with Gasteiger partial charge in [0.15, 0.2) is 0 Å². The summed E-state index contributed by atoms with van der Waals surface area (Å²) in [5, 5.41) is 4.79. The van der Waals surface area contributed by atoms with Crippen molar-refractivity contribution in [1.82, 2.24) is 9.80 Å². The molecule has 0 aliphatic carbocycles. The van der Waals surface area contributed by atoms with Gasteiger partial charge in [-0.15, -0.1) is 11.3 Å². The molecule has 0 saturated carbocycles. The lowest BCUT2D eigenvalue weighted by Crippen LogP contribution is -2.43. The van der Waals surface area contributed by atoms with E-state index >= 15 is 0 Å². The van der Waals surface area contributed by atoms with Crippen LogP contribution in [0.4, 0.5) is 10.5 Å². The Morgan fingerprint density at radius 3 is 2.61 bits per heavy atom. The number of benzene rings is 1. The van der Waals surface area contributed by atoms with Crippen LogP contribution >= 0.6 is 23.1 Å². The lowest BCUT2D eigenvalue weighted by molar-refractivity contribution is -0.136. The third-order valence-electron chi connectivity index (χ3n) is 4.47. The van der Waals surface area contributed by atoms with Gasteiger partial charge in [0.2, 0.25) is 11.8 Å². The molecule has 0 bridgehead atoms. The zero-order chi connectivity index (χ0) is 20.1. The number of hydrogen-bond acceptors (Lipinski definition) is 5. The summed E-state index contributed by atoms with van der Waals surface area (Å²) in [6.45, 7) is 0.616. The van der Waals surface area contributed by atoms with E-state index in [2.05, 4.69) is 5.32 Å². The highest BCUT2D eigenvalue weighted by Crippen LogP contribution is 2.24. The molecule has 1 atom stereocenters. The molecular weight excluding hydrogens is 394 g/mol. The van der Waals surface area contributed by atoms with Crippen LogP contribution in [0.2, 0.25) is 0 Å². The highest BCUT2D eigenvalue weighted by atomic mass is 32.2. The van der Waals surface area contributed by atoms with Crippen molar-refractivity contribution in [3.8, 4) is 0 Å². The van der Waals surface area contributed by atoms with Crippen LogP contribution in [-0.4, -0.2) is 53.5 Å². The molecule has 0 radical (unpaired) electrons. The molecule has 1 aromatic carbocycles. The molecule has 1 unspecified atom stereocenters. The fourth-order valence-electron chi connectivity index (χ4n) is 3.03. The number of thiophene rings is 1. The maximum absolute atomic E-state index is 12.7. The van der Waals surface area contributed by atoms with Crippen LogP contribution in [0, 0.1) is 0 Å². The second-order valence-corrected chi connectivity index (χ2v) is 8.83. The zero-order valence-corrected chi connectivity index (χ0v) is 17.5. The molecule has 1 aliphatic heterocycles. The van der Waals surface area contributed by atoms with Gasteiger partial charge in [0, 0.05) is 36.1 Å². The fraction of sp³-hybridized carbons (Fsp3) is 0.350. The SMILES string of the molecule is CN(C)C(=O)Sc1ccc(NC(=O)C2CCCN2C(=O)Cc2cccs2)cc1. The monoisotopic (exact) mass is 417 g/mol. The lowest BCUT2D eigenvalue weighted by atomic mass is 10.2. The Morgan fingerprint density at radius 1 is 1.21 bits per heavy atom. The van der Waals surface area contributed by atoms with Crippen LogP contribution in [0.1, 0.15) is 17.7 Å². The highest BCUT2D eigenvalue weighted by molar-refractivity contribution is 8.13. The second kappa shape index (κ2) is 9.25. The average molecular weight is 418 g/mol. The van der Waals surface area contributed by atoms with Crippen LogP contribution < -0.4 is 5.32 Å². The Balaban J connectivity index is 1.58. The van der Waals surface area contributed by atoms with Crippen molar-refractivity contribution in [1.29, 1.82) is 0 Å². The minimum atomic E-state index is -0.433. The van der Waals surface area contributed by atoms with Crippen LogP contribution in [0.25, 0.3) is 0 Å². The Morgan fingerprint density at radius 2 is 1.96 bits per heavy atom. The average Bonchev–Trinajstić information content (AvgIpc) is 3.34. The first-order chi connectivity index (χ1) is 13.4. The van der Waals surface area contributed by atoms with Crippen LogP contribution in [-0.2, 0) is 16.0 Å². The molecule has 6 nitrogen and oxygen atoms in total. The molecule has 8 heteroatoms. The van der Waals surface area contributed by atoms with E-state index < -0.39 is 6.04 Å². The van der Waals surface area contributed by atoms with Crippen molar-refractivity contribution in [3.63, 3.8) is 0 Å². The number of anilines is 1. The molecule has 1 fully saturated rings. The molecule has 28 heavy (non-hydrogen) atoms. The number of nitrogens with zero attached hydrogens (tertiary/aromatic N) is 2. The van der Waals surface area contributed by atoms with E-state index in [-0.39, 0.29) is 17.1 Å². The minimum Gasteiger partial charge on any atom is -0.339 e. The van der Waals surface area contributed by atoms with Crippen molar-refractivity contribution in [3.05, 3.63) is 46.7 Å². The van der Waals surface area contributed by atoms with Crippen molar-refractivity contribution in [2.75, 3.05) is 26.0 Å². The van der Waals surface area contributed by atoms with E-state index in [1.165, 1.54) is 4.90 Å². The number of thioether (sulfide) groups is 1. The number of carbonyl (C=O) groups is 3. The summed E-state index contributed by atoms with van der Waals surface area (Å²) in [5.74, 6) is -0.171. The largest absolute Gasteiger partial charge is 0.339 e. The van der Waals surface area contributed by atoms with Crippen LogP contribution in [0.5, 0.6) is 0 Å². The summed E-state index contributed by atoms with van der Waals surface area (Å²) in [7, 11) is 3.41. The number of hydrogen-bond donors (Lipinski definition) is 1. The Hall–Kier alpha value is -2.32. The standard InChI is InChI=1S/C20H23N3O3S2/c1-22(2)20(26)28-15-9-7-14(8-10-15)21-19(25)17-6-3-11-23(17)18(24)13-16-5-4-12-27-16/h4-5,7-10,12,17H,3,6,11,13H2,1-2H3,(H,21,25). The van der Waals surface area contributed by atoms with Gasteiger partial charge in [0.25, 0.3) is 5.24 Å². The van der Waals surface area contributed by atoms with E-state index in [9.17, 15) is 14.4 Å². The number of amides is 3. The first-order valence-corrected chi connectivity index (χ1v) is 10.8. The zero-order valence-electron chi connectivity index (χ0n) is 15.9. The van der Waals surface area contributed by atoms with Gasteiger partial charge in [-0.05, 0) is 60.3 Å². The van der Waals surface area contributed by atoms with Gasteiger partial charge in [-0.3, -0.25) is 14.4 Å². The third kappa shape index (κ3) is 5.14. The van der Waals surface area contributed by atoms with E-state index in [1.807, 2.05) is 17.5 Å². The van der Waals surface area contributed by atoms with Gasteiger partial charge in [-0.1, -0.05) is 6.07 Å². The van der Waals surface area contributed by atoms with Crippen LogP contribution in [0.15, 0.2) is 46.7 Å². The summed E-state index contributed by atoms with van der Waals surface area (Å²) in [4.78, 5) is 42.1. The number of nitrogens with one attached hydrogen (secondary N) is 1. The maximum atomic E-state index is 12.7. The Labute approximate surface area is 172 Å². The summed E-state index contributed by atoms with van der Waals surface area (Å²) < 4.78 is 0. The molecule has 1 saturated heterocycles. The lowest BCUT2D eigenvalue weighted by Gasteiger charge is -2.24. The highest BCUT2D eigenvalue weighted by Gasteiger charge is 2.34. The predicted molar refractivity (Wildman–Crippen MR) is 113 cm³/mol. The van der Waals surface area contributed by atoms with E-state index in [0.29, 0.717) is 25.1 Å². The van der Waals surface area contributed by atoms with E-state index in [4.69, 9.17) is 0 Å². The van der Waals surface area contributed by atoms with Gasteiger partial charge in [-0.2, -0.15) is 0 Å². The summed E-state index contributed by atoms with van der Waals surface area (Å²) >= 11 is 2.69. The molecule has 148 valence electrons. The quantitative estimate of drug-likeness (QED) is 0.753. The van der Waals surface area contributed by atoms with Crippen molar-refractivity contribution in [2.45, 2.75) is 30.2 Å². The predicted octanol–water partition coefficient (Wildman–Crippen LogP) is 3.69. The van der Waals surface area contributed by atoms with Gasteiger partial charge in [-0.25, -0.2) is 0 Å². The maximum Gasteiger partial charge on any atom is 0.285 e. The van der Waals surface area contributed by atoms with Crippen LogP contribution in [0.3, 0.4) is 0 Å². The molecule has 3 rings (SSSR count). The second-order valence-electron chi connectivity index (χ2n) is 6.78.